The van der Waals surface area contributed by atoms with Crippen molar-refractivity contribution in [3.8, 4) is 23.3 Å². The average Bonchev–Trinajstić information content (AvgIpc) is 2.73. The van der Waals surface area contributed by atoms with E-state index in [-0.39, 0.29) is 5.57 Å². The number of amides is 1. The molecule has 0 radical (unpaired) electrons. The summed E-state index contributed by atoms with van der Waals surface area (Å²) in [7, 11) is 3.16. The van der Waals surface area contributed by atoms with Crippen LogP contribution in [0.25, 0.3) is 6.08 Å². The van der Waals surface area contributed by atoms with E-state index < -0.39 is 5.91 Å². The lowest BCUT2D eigenvalue weighted by molar-refractivity contribution is -0.117. The zero-order valence-corrected chi connectivity index (χ0v) is 16.3. The first-order valence-electron chi connectivity index (χ1n) is 8.95. The number of para-hydroxylation sites is 1. The molecule has 0 aliphatic carbocycles. The van der Waals surface area contributed by atoms with Gasteiger partial charge in [-0.15, -0.1) is 0 Å². The molecule has 0 aliphatic heterocycles. The van der Waals surface area contributed by atoms with E-state index in [1.807, 2.05) is 43.3 Å². The zero-order valence-electron chi connectivity index (χ0n) is 16.3. The molecule has 0 saturated carbocycles. The molecular formula is C22H24N2O4. The van der Waals surface area contributed by atoms with E-state index in [4.69, 9.17) is 14.2 Å². The lowest BCUT2D eigenvalue weighted by atomic mass is 10.1. The number of rotatable bonds is 9. The second-order valence-corrected chi connectivity index (χ2v) is 5.84. The van der Waals surface area contributed by atoms with Crippen molar-refractivity contribution in [2.24, 2.45) is 0 Å². The van der Waals surface area contributed by atoms with Crippen LogP contribution in [-0.4, -0.2) is 33.3 Å². The fraction of sp³-hybridized carbons (Fsp3) is 0.273. The van der Waals surface area contributed by atoms with Gasteiger partial charge in [0.15, 0.2) is 11.5 Å². The minimum absolute atomic E-state index is 0.0273. The highest BCUT2D eigenvalue weighted by molar-refractivity contribution is 6.01. The summed E-state index contributed by atoms with van der Waals surface area (Å²) in [5.41, 5.74) is 1.71. The van der Waals surface area contributed by atoms with Crippen molar-refractivity contribution in [1.82, 2.24) is 5.32 Å². The Hall–Kier alpha value is -3.46. The van der Waals surface area contributed by atoms with Crippen molar-refractivity contribution in [1.29, 1.82) is 5.26 Å². The van der Waals surface area contributed by atoms with Gasteiger partial charge in [-0.1, -0.05) is 24.3 Å². The average molecular weight is 380 g/mol. The van der Waals surface area contributed by atoms with Crippen LogP contribution in [0.4, 0.5) is 0 Å². The molecule has 0 aliphatic rings. The van der Waals surface area contributed by atoms with Crippen LogP contribution < -0.4 is 19.5 Å². The van der Waals surface area contributed by atoms with Crippen molar-refractivity contribution >= 4 is 12.0 Å². The third-order valence-electron chi connectivity index (χ3n) is 4.03. The summed E-state index contributed by atoms with van der Waals surface area (Å²) in [6.07, 6.45) is 2.14. The monoisotopic (exact) mass is 380 g/mol. The van der Waals surface area contributed by atoms with Gasteiger partial charge in [-0.3, -0.25) is 4.79 Å². The van der Waals surface area contributed by atoms with Crippen LogP contribution in [0.2, 0.25) is 0 Å². The van der Waals surface area contributed by atoms with Crippen LogP contribution in [0.1, 0.15) is 18.1 Å². The Balaban J connectivity index is 2.02. The Morgan fingerprint density at radius 1 is 1.11 bits per heavy atom. The highest BCUT2D eigenvalue weighted by Gasteiger charge is 2.11. The fourth-order valence-electron chi connectivity index (χ4n) is 2.64. The van der Waals surface area contributed by atoms with Gasteiger partial charge in [-0.2, -0.15) is 5.26 Å². The maximum Gasteiger partial charge on any atom is 0.261 e. The smallest absolute Gasteiger partial charge is 0.261 e. The Kier molecular flexibility index (Phi) is 7.92. The minimum Gasteiger partial charge on any atom is -0.493 e. The van der Waals surface area contributed by atoms with Crippen LogP contribution in [0.15, 0.2) is 48.0 Å². The summed E-state index contributed by atoms with van der Waals surface area (Å²) >= 11 is 0. The van der Waals surface area contributed by atoms with Gasteiger partial charge in [0.05, 0.1) is 20.8 Å². The number of carbonyl (C=O) groups is 1. The first kappa shape index (κ1) is 20.8. The van der Waals surface area contributed by atoms with E-state index >= 15 is 0 Å². The van der Waals surface area contributed by atoms with Gasteiger partial charge >= 0.3 is 0 Å². The fourth-order valence-corrected chi connectivity index (χ4v) is 2.64. The number of carbonyl (C=O) groups excluding carboxylic acids is 1. The van der Waals surface area contributed by atoms with Crippen LogP contribution >= 0.6 is 0 Å². The first-order chi connectivity index (χ1) is 13.6. The second-order valence-electron chi connectivity index (χ2n) is 5.84. The Morgan fingerprint density at radius 2 is 1.86 bits per heavy atom. The van der Waals surface area contributed by atoms with Gasteiger partial charge < -0.3 is 19.5 Å². The molecule has 0 aromatic heterocycles. The van der Waals surface area contributed by atoms with E-state index in [1.165, 1.54) is 6.08 Å². The number of nitriles is 1. The highest BCUT2D eigenvalue weighted by atomic mass is 16.5. The van der Waals surface area contributed by atoms with E-state index in [9.17, 15) is 10.1 Å². The minimum atomic E-state index is -0.422. The summed E-state index contributed by atoms with van der Waals surface area (Å²) in [4.78, 5) is 12.4. The quantitative estimate of drug-likeness (QED) is 0.533. The molecule has 0 unspecified atom stereocenters. The van der Waals surface area contributed by atoms with Crippen molar-refractivity contribution in [2.45, 2.75) is 13.3 Å². The number of benzene rings is 2. The topological polar surface area (TPSA) is 80.6 Å². The van der Waals surface area contributed by atoms with Gasteiger partial charge in [-0.25, -0.2) is 0 Å². The van der Waals surface area contributed by atoms with Crippen molar-refractivity contribution in [2.75, 3.05) is 27.4 Å². The van der Waals surface area contributed by atoms with Crippen molar-refractivity contribution in [3.63, 3.8) is 0 Å². The van der Waals surface area contributed by atoms with Crippen LogP contribution in [0, 0.1) is 11.3 Å². The number of nitrogens with zero attached hydrogens (tertiary/aromatic N) is 1. The molecule has 2 rings (SSSR count). The lowest BCUT2D eigenvalue weighted by Gasteiger charge is -2.10. The van der Waals surface area contributed by atoms with Gasteiger partial charge in [-0.05, 0) is 43.2 Å². The Bertz CT molecular complexity index is 884. The van der Waals surface area contributed by atoms with Crippen LogP contribution in [0.5, 0.6) is 17.2 Å². The van der Waals surface area contributed by atoms with Crippen molar-refractivity contribution in [3.05, 3.63) is 59.2 Å². The van der Waals surface area contributed by atoms with E-state index in [0.717, 1.165) is 5.56 Å². The van der Waals surface area contributed by atoms with E-state index in [2.05, 4.69) is 5.32 Å². The molecule has 1 N–H and O–H groups in total. The van der Waals surface area contributed by atoms with Gasteiger partial charge in [0, 0.05) is 12.1 Å². The van der Waals surface area contributed by atoms with Crippen LogP contribution in [0.3, 0.4) is 0 Å². The summed E-state index contributed by atoms with van der Waals surface area (Å²) in [6.45, 7) is 2.78. The molecule has 0 fully saturated rings. The number of hydrogen-bond acceptors (Lipinski definition) is 5. The van der Waals surface area contributed by atoms with Crippen LogP contribution in [-0.2, 0) is 11.2 Å². The molecule has 6 nitrogen and oxygen atoms in total. The zero-order chi connectivity index (χ0) is 20.4. The molecule has 2 aromatic carbocycles. The van der Waals surface area contributed by atoms with Gasteiger partial charge in [0.25, 0.3) is 5.91 Å². The molecule has 0 bridgehead atoms. The Labute approximate surface area is 165 Å². The molecule has 146 valence electrons. The molecule has 28 heavy (non-hydrogen) atoms. The van der Waals surface area contributed by atoms with Gasteiger partial charge in [0.2, 0.25) is 0 Å². The normalized spacial score (nSPS) is 10.7. The lowest BCUT2D eigenvalue weighted by Crippen LogP contribution is -2.26. The van der Waals surface area contributed by atoms with E-state index in [1.54, 1.807) is 26.4 Å². The molecule has 6 heteroatoms. The van der Waals surface area contributed by atoms with Crippen molar-refractivity contribution < 1.29 is 19.0 Å². The molecule has 1 amide bonds. The summed E-state index contributed by atoms with van der Waals surface area (Å²) in [5.74, 6) is 1.50. The summed E-state index contributed by atoms with van der Waals surface area (Å²) in [6, 6.07) is 14.8. The molecule has 0 atom stereocenters. The van der Waals surface area contributed by atoms with E-state index in [0.29, 0.717) is 42.4 Å². The third kappa shape index (κ3) is 5.52. The molecule has 2 aromatic rings. The number of ether oxygens (including phenoxy) is 3. The highest BCUT2D eigenvalue weighted by Crippen LogP contribution is 2.27. The summed E-state index contributed by atoms with van der Waals surface area (Å²) in [5, 5.41) is 12.1. The number of hydrogen-bond donors (Lipinski definition) is 1. The predicted molar refractivity (Wildman–Crippen MR) is 107 cm³/mol. The summed E-state index contributed by atoms with van der Waals surface area (Å²) < 4.78 is 16.0. The Morgan fingerprint density at radius 3 is 2.54 bits per heavy atom. The molecule has 0 heterocycles. The van der Waals surface area contributed by atoms with Gasteiger partial charge in [0.1, 0.15) is 17.4 Å². The predicted octanol–water partition coefficient (Wildman–Crippen LogP) is 3.37. The SMILES string of the molecule is CCOc1ccccc1/C=C(\C#N)C(=O)NCCc1ccc(OC)c(OC)c1. The largest absolute Gasteiger partial charge is 0.493 e. The first-order valence-corrected chi connectivity index (χ1v) is 8.95. The third-order valence-corrected chi connectivity index (χ3v) is 4.03. The number of nitrogens with one attached hydrogen (secondary N) is 1. The number of methoxy groups -OCH3 is 2. The standard InChI is InChI=1S/C22H24N2O4/c1-4-28-19-8-6-5-7-17(19)14-18(15-23)22(25)24-12-11-16-9-10-20(26-2)21(13-16)27-3/h5-10,13-14H,4,11-12H2,1-3H3,(H,24,25)/b18-14+. The molecule has 0 saturated heterocycles. The molecule has 0 spiro atoms. The molecular weight excluding hydrogens is 356 g/mol. The maximum atomic E-state index is 12.4. The maximum absolute atomic E-state index is 12.4. The second kappa shape index (κ2) is 10.6.